The van der Waals surface area contributed by atoms with Crippen molar-refractivity contribution in [3.63, 3.8) is 0 Å². The highest BCUT2D eigenvalue weighted by Gasteiger charge is 2.51. The number of methoxy groups -OCH3 is 1. The van der Waals surface area contributed by atoms with Crippen LogP contribution in [0.15, 0.2) is 0 Å². The Balaban J connectivity index is 2.47. The Hall–Kier alpha value is -0.610. The van der Waals surface area contributed by atoms with Crippen molar-refractivity contribution in [2.75, 3.05) is 20.3 Å². The lowest BCUT2D eigenvalue weighted by Gasteiger charge is -2.45. The lowest BCUT2D eigenvalue weighted by atomic mass is 9.74. The predicted molar refractivity (Wildman–Crippen MR) is 57.7 cm³/mol. The zero-order chi connectivity index (χ0) is 11.3. The number of ether oxygens (including phenoxy) is 2. The molecule has 0 aromatic carbocycles. The summed E-state index contributed by atoms with van der Waals surface area (Å²) in [5.74, 6) is -0.160. The zero-order valence-corrected chi connectivity index (χ0v) is 9.84. The van der Waals surface area contributed by atoms with Crippen LogP contribution in [0.5, 0.6) is 0 Å². The van der Waals surface area contributed by atoms with E-state index in [2.05, 4.69) is 12.2 Å². The van der Waals surface area contributed by atoms with Crippen molar-refractivity contribution >= 4 is 5.97 Å². The molecular weight excluding hydrogens is 194 g/mol. The molecule has 1 rings (SSSR count). The largest absolute Gasteiger partial charge is 0.468 e. The number of nitrogens with one attached hydrogen (secondary N) is 1. The van der Waals surface area contributed by atoms with E-state index >= 15 is 0 Å². The molecule has 0 bridgehead atoms. The molecule has 0 atom stereocenters. The Morgan fingerprint density at radius 3 is 2.60 bits per heavy atom. The summed E-state index contributed by atoms with van der Waals surface area (Å²) < 4.78 is 10.3. The van der Waals surface area contributed by atoms with Gasteiger partial charge in [0.15, 0.2) is 0 Å². The smallest absolute Gasteiger partial charge is 0.326 e. The van der Waals surface area contributed by atoms with Crippen molar-refractivity contribution in [2.24, 2.45) is 0 Å². The van der Waals surface area contributed by atoms with E-state index in [1.165, 1.54) is 7.11 Å². The van der Waals surface area contributed by atoms with Gasteiger partial charge in [-0.2, -0.15) is 0 Å². The molecule has 1 saturated carbocycles. The van der Waals surface area contributed by atoms with Crippen molar-refractivity contribution in [1.82, 2.24) is 5.32 Å². The van der Waals surface area contributed by atoms with E-state index in [0.717, 1.165) is 25.8 Å². The van der Waals surface area contributed by atoms with Crippen LogP contribution in [0.1, 0.15) is 33.1 Å². The summed E-state index contributed by atoms with van der Waals surface area (Å²) >= 11 is 0. The average Bonchev–Trinajstić information content (AvgIpc) is 2.20. The fraction of sp³-hybridized carbons (Fsp3) is 0.909. The molecular formula is C11H21NO3. The highest BCUT2D eigenvalue weighted by Crippen LogP contribution is 2.35. The van der Waals surface area contributed by atoms with E-state index in [-0.39, 0.29) is 12.1 Å². The van der Waals surface area contributed by atoms with Gasteiger partial charge in [0.2, 0.25) is 0 Å². The molecule has 0 heterocycles. The first kappa shape index (κ1) is 12.5. The predicted octanol–water partition coefficient (Wildman–Crippen LogP) is 1.10. The van der Waals surface area contributed by atoms with Gasteiger partial charge < -0.3 is 14.8 Å². The summed E-state index contributed by atoms with van der Waals surface area (Å²) in [5, 5.41) is 3.27. The minimum Gasteiger partial charge on any atom is -0.468 e. The summed E-state index contributed by atoms with van der Waals surface area (Å²) in [6.45, 7) is 5.60. The van der Waals surface area contributed by atoms with Crippen LogP contribution < -0.4 is 5.32 Å². The number of rotatable bonds is 6. The summed E-state index contributed by atoms with van der Waals surface area (Å²) in [4.78, 5) is 11.6. The minimum absolute atomic E-state index is 0.160. The van der Waals surface area contributed by atoms with Gasteiger partial charge in [-0.3, -0.25) is 4.79 Å². The fourth-order valence-electron chi connectivity index (χ4n) is 2.01. The number of carbonyl (C=O) groups excluding carboxylic acids is 1. The number of hydrogen-bond acceptors (Lipinski definition) is 4. The second kappa shape index (κ2) is 5.47. The molecule has 88 valence electrons. The molecule has 0 amide bonds. The molecule has 1 aliphatic rings. The van der Waals surface area contributed by atoms with Crippen molar-refractivity contribution in [1.29, 1.82) is 0 Å². The Labute approximate surface area is 91.3 Å². The van der Waals surface area contributed by atoms with Crippen LogP contribution in [-0.2, 0) is 14.3 Å². The first-order valence-corrected chi connectivity index (χ1v) is 5.63. The molecule has 1 N–H and O–H groups in total. The summed E-state index contributed by atoms with van der Waals surface area (Å²) in [6, 6.07) is 0. The lowest BCUT2D eigenvalue weighted by Crippen LogP contribution is -2.63. The van der Waals surface area contributed by atoms with Crippen LogP contribution >= 0.6 is 0 Å². The summed E-state index contributed by atoms with van der Waals surface area (Å²) in [7, 11) is 1.44. The lowest BCUT2D eigenvalue weighted by molar-refractivity contribution is -0.161. The van der Waals surface area contributed by atoms with Crippen LogP contribution in [0.25, 0.3) is 0 Å². The molecule has 1 fully saturated rings. The molecule has 1 aliphatic carbocycles. The molecule has 0 aromatic rings. The van der Waals surface area contributed by atoms with Crippen LogP contribution in [0.3, 0.4) is 0 Å². The fourth-order valence-corrected chi connectivity index (χ4v) is 2.01. The van der Waals surface area contributed by atoms with Crippen molar-refractivity contribution in [2.45, 2.75) is 44.8 Å². The Morgan fingerprint density at radius 2 is 2.13 bits per heavy atom. The molecule has 0 aromatic heterocycles. The van der Waals surface area contributed by atoms with Gasteiger partial charge in [0.05, 0.1) is 13.2 Å². The van der Waals surface area contributed by atoms with Crippen LogP contribution in [-0.4, -0.2) is 37.9 Å². The Bertz CT molecular complexity index is 212. The minimum atomic E-state index is -0.482. The van der Waals surface area contributed by atoms with E-state index in [9.17, 15) is 4.79 Å². The summed E-state index contributed by atoms with van der Waals surface area (Å²) in [6.07, 6.45) is 2.68. The zero-order valence-electron chi connectivity index (χ0n) is 9.84. The van der Waals surface area contributed by atoms with Crippen molar-refractivity contribution in [3.05, 3.63) is 0 Å². The maximum atomic E-state index is 11.6. The van der Waals surface area contributed by atoms with Crippen LogP contribution in [0.2, 0.25) is 0 Å². The van der Waals surface area contributed by atoms with E-state index in [1.807, 2.05) is 6.92 Å². The maximum Gasteiger partial charge on any atom is 0.326 e. The second-order valence-corrected chi connectivity index (χ2v) is 3.99. The molecule has 0 aliphatic heterocycles. The molecule has 0 radical (unpaired) electrons. The first-order valence-electron chi connectivity index (χ1n) is 5.63. The Morgan fingerprint density at radius 1 is 1.47 bits per heavy atom. The molecule has 0 unspecified atom stereocenters. The number of carbonyl (C=O) groups is 1. The quantitative estimate of drug-likeness (QED) is 0.674. The summed E-state index contributed by atoms with van der Waals surface area (Å²) in [5.41, 5.74) is -0.482. The highest BCUT2D eigenvalue weighted by molar-refractivity contribution is 5.82. The van der Waals surface area contributed by atoms with Crippen LogP contribution in [0, 0.1) is 0 Å². The van der Waals surface area contributed by atoms with E-state index < -0.39 is 5.54 Å². The van der Waals surface area contributed by atoms with Gasteiger partial charge in [-0.15, -0.1) is 0 Å². The topological polar surface area (TPSA) is 47.6 Å². The third kappa shape index (κ3) is 2.69. The monoisotopic (exact) mass is 215 g/mol. The molecule has 15 heavy (non-hydrogen) atoms. The van der Waals surface area contributed by atoms with E-state index in [0.29, 0.717) is 6.61 Å². The number of esters is 1. The van der Waals surface area contributed by atoms with Crippen LogP contribution in [0.4, 0.5) is 0 Å². The van der Waals surface area contributed by atoms with Gasteiger partial charge in [-0.05, 0) is 19.9 Å². The molecule has 0 saturated heterocycles. The van der Waals surface area contributed by atoms with Gasteiger partial charge in [-0.25, -0.2) is 0 Å². The van der Waals surface area contributed by atoms with E-state index in [4.69, 9.17) is 9.47 Å². The second-order valence-electron chi connectivity index (χ2n) is 3.99. The third-order valence-corrected chi connectivity index (χ3v) is 2.84. The van der Waals surface area contributed by atoms with Gasteiger partial charge in [0.25, 0.3) is 0 Å². The first-order chi connectivity index (χ1) is 7.18. The third-order valence-electron chi connectivity index (χ3n) is 2.84. The Kier molecular flexibility index (Phi) is 4.54. The molecule has 0 spiro atoms. The maximum absolute atomic E-state index is 11.6. The van der Waals surface area contributed by atoms with Crippen molar-refractivity contribution < 1.29 is 14.3 Å². The van der Waals surface area contributed by atoms with E-state index in [1.54, 1.807) is 0 Å². The average molecular weight is 215 g/mol. The standard InChI is InChI=1S/C11H21NO3/c1-4-6-12-11(10(13)14-3)7-9(8-11)15-5-2/h9,12H,4-8H2,1-3H3. The SMILES string of the molecule is CCCNC1(C(=O)OC)CC(OCC)C1. The van der Waals surface area contributed by atoms with Gasteiger partial charge in [0, 0.05) is 19.4 Å². The molecule has 4 heteroatoms. The number of hydrogen-bond donors (Lipinski definition) is 1. The molecule has 4 nitrogen and oxygen atoms in total. The highest BCUT2D eigenvalue weighted by atomic mass is 16.5. The normalized spacial score (nSPS) is 29.7. The van der Waals surface area contributed by atoms with Gasteiger partial charge in [-0.1, -0.05) is 6.92 Å². The van der Waals surface area contributed by atoms with Gasteiger partial charge in [0.1, 0.15) is 5.54 Å². The van der Waals surface area contributed by atoms with Gasteiger partial charge >= 0.3 is 5.97 Å². The van der Waals surface area contributed by atoms with Crippen molar-refractivity contribution in [3.8, 4) is 0 Å².